The van der Waals surface area contributed by atoms with Crippen molar-refractivity contribution in [2.24, 2.45) is 5.92 Å². The van der Waals surface area contributed by atoms with Gasteiger partial charge in [0.2, 0.25) is 0 Å². The van der Waals surface area contributed by atoms with Crippen LogP contribution in [-0.2, 0) is 21.6 Å². The molecule has 5 heteroatoms. The molecule has 1 aromatic carbocycles. The van der Waals surface area contributed by atoms with Gasteiger partial charge in [-0.15, -0.1) is 0 Å². The first-order valence-electron chi connectivity index (χ1n) is 6.58. The highest BCUT2D eigenvalue weighted by Gasteiger charge is 2.48. The van der Waals surface area contributed by atoms with E-state index in [9.17, 15) is 18.7 Å². The number of carbonyl (C=O) groups excluding carboxylic acids is 1. The topological polar surface area (TPSA) is 46.5 Å². The van der Waals surface area contributed by atoms with Gasteiger partial charge in [-0.3, -0.25) is 4.79 Å². The average Bonchev–Trinajstić information content (AvgIpc) is 2.46. The Bertz CT molecular complexity index is 445. The van der Waals surface area contributed by atoms with Gasteiger partial charge in [-0.2, -0.15) is 0 Å². The van der Waals surface area contributed by atoms with Crippen LogP contribution in [0.25, 0.3) is 0 Å². The molecule has 0 radical (unpaired) electrons. The summed E-state index contributed by atoms with van der Waals surface area (Å²) in [7, 11) is 1.04. The Morgan fingerprint density at radius 2 is 1.85 bits per heavy atom. The zero-order valence-corrected chi connectivity index (χ0v) is 11.9. The van der Waals surface area contributed by atoms with Crippen LogP contribution in [0.1, 0.15) is 31.4 Å². The van der Waals surface area contributed by atoms with Gasteiger partial charge in [-0.25, -0.2) is 8.78 Å². The van der Waals surface area contributed by atoms with E-state index in [1.165, 1.54) is 0 Å². The Labute approximate surface area is 117 Å². The third kappa shape index (κ3) is 3.15. The molecule has 0 saturated heterocycles. The number of rotatable bonds is 6. The molecular formula is C15H20F2O3. The zero-order chi connectivity index (χ0) is 15.3. The lowest BCUT2D eigenvalue weighted by atomic mass is 9.79. The maximum Gasteiger partial charge on any atom is 0.317 e. The van der Waals surface area contributed by atoms with Crippen LogP contribution in [0.15, 0.2) is 24.3 Å². The second-order valence-corrected chi connectivity index (χ2v) is 4.66. The number of ether oxygens (including phenoxy) is 1. The van der Waals surface area contributed by atoms with Crippen LogP contribution in [0.4, 0.5) is 8.78 Å². The summed E-state index contributed by atoms with van der Waals surface area (Å²) >= 11 is 0. The van der Waals surface area contributed by atoms with Crippen LogP contribution < -0.4 is 0 Å². The molecule has 20 heavy (non-hydrogen) atoms. The standard InChI is InChI=1S/C15H20F2O3/c1-4-10-6-8-11(9-7-10)15(19,5-2)12(13(16)17)14(18)20-3/h6-9,12-13,19H,4-5H2,1-3H3. The molecule has 3 nitrogen and oxygen atoms in total. The van der Waals surface area contributed by atoms with E-state index in [0.29, 0.717) is 5.56 Å². The highest BCUT2D eigenvalue weighted by molar-refractivity contribution is 5.74. The molecule has 0 amide bonds. The summed E-state index contributed by atoms with van der Waals surface area (Å²) in [5.74, 6) is -3.01. The summed E-state index contributed by atoms with van der Waals surface area (Å²) in [6, 6.07) is 6.69. The third-order valence-corrected chi connectivity index (χ3v) is 3.62. The molecule has 2 atom stereocenters. The molecule has 0 aliphatic rings. The Hall–Kier alpha value is -1.49. The number of methoxy groups -OCH3 is 1. The molecule has 0 bridgehead atoms. The van der Waals surface area contributed by atoms with Crippen molar-refractivity contribution in [3.8, 4) is 0 Å². The highest BCUT2D eigenvalue weighted by Crippen LogP contribution is 2.37. The molecule has 0 saturated carbocycles. The van der Waals surface area contributed by atoms with Crippen LogP contribution in [0.3, 0.4) is 0 Å². The Morgan fingerprint density at radius 1 is 1.30 bits per heavy atom. The van der Waals surface area contributed by atoms with Crippen LogP contribution in [-0.4, -0.2) is 24.6 Å². The molecule has 0 spiro atoms. The first-order valence-corrected chi connectivity index (χ1v) is 6.58. The van der Waals surface area contributed by atoms with Crippen molar-refractivity contribution in [2.75, 3.05) is 7.11 Å². The molecule has 1 rings (SSSR count). The van der Waals surface area contributed by atoms with Gasteiger partial charge < -0.3 is 9.84 Å². The average molecular weight is 286 g/mol. The summed E-state index contributed by atoms with van der Waals surface area (Å²) in [4.78, 5) is 11.6. The van der Waals surface area contributed by atoms with Crippen LogP contribution in [0.2, 0.25) is 0 Å². The number of hydrogen-bond donors (Lipinski definition) is 1. The van der Waals surface area contributed by atoms with Crippen molar-refractivity contribution >= 4 is 5.97 Å². The van der Waals surface area contributed by atoms with E-state index in [0.717, 1.165) is 19.1 Å². The minimum Gasteiger partial charge on any atom is -0.469 e. The van der Waals surface area contributed by atoms with E-state index in [1.54, 1.807) is 31.2 Å². The second kappa shape index (κ2) is 6.79. The van der Waals surface area contributed by atoms with Gasteiger partial charge in [0.25, 0.3) is 6.43 Å². The molecule has 1 aromatic rings. The molecule has 0 fully saturated rings. The predicted molar refractivity (Wildman–Crippen MR) is 71.5 cm³/mol. The van der Waals surface area contributed by atoms with Crippen molar-refractivity contribution in [1.82, 2.24) is 0 Å². The van der Waals surface area contributed by atoms with E-state index in [-0.39, 0.29) is 6.42 Å². The van der Waals surface area contributed by atoms with Gasteiger partial charge in [0.05, 0.1) is 7.11 Å². The van der Waals surface area contributed by atoms with Crippen molar-refractivity contribution in [3.05, 3.63) is 35.4 Å². The Kier molecular flexibility index (Phi) is 5.62. The molecule has 0 heterocycles. The van der Waals surface area contributed by atoms with Crippen LogP contribution in [0.5, 0.6) is 0 Å². The number of carbonyl (C=O) groups is 1. The first kappa shape index (κ1) is 16.6. The Balaban J connectivity index is 3.24. The summed E-state index contributed by atoms with van der Waals surface area (Å²) in [6.07, 6.45) is -2.21. The summed E-state index contributed by atoms with van der Waals surface area (Å²) < 4.78 is 30.8. The smallest absolute Gasteiger partial charge is 0.317 e. The number of hydrogen-bond acceptors (Lipinski definition) is 3. The second-order valence-electron chi connectivity index (χ2n) is 4.66. The zero-order valence-electron chi connectivity index (χ0n) is 11.9. The SMILES string of the molecule is CCc1ccc(C(O)(CC)C(C(=O)OC)C(F)F)cc1. The minimum absolute atomic E-state index is 0.0113. The lowest BCUT2D eigenvalue weighted by Gasteiger charge is -2.33. The number of esters is 1. The van der Waals surface area contributed by atoms with Crippen LogP contribution in [0, 0.1) is 5.92 Å². The van der Waals surface area contributed by atoms with E-state index in [4.69, 9.17) is 0 Å². The van der Waals surface area contributed by atoms with Crippen LogP contribution >= 0.6 is 0 Å². The highest BCUT2D eigenvalue weighted by atomic mass is 19.3. The number of benzene rings is 1. The molecule has 2 unspecified atom stereocenters. The third-order valence-electron chi connectivity index (χ3n) is 3.62. The van der Waals surface area contributed by atoms with Crippen molar-refractivity contribution in [1.29, 1.82) is 0 Å². The molecule has 0 aliphatic carbocycles. The van der Waals surface area contributed by atoms with Crippen molar-refractivity contribution < 1.29 is 23.4 Å². The summed E-state index contributed by atoms with van der Waals surface area (Å²) in [5, 5.41) is 10.6. The fraction of sp³-hybridized carbons (Fsp3) is 0.533. The summed E-state index contributed by atoms with van der Waals surface area (Å²) in [5.41, 5.74) is -0.611. The minimum atomic E-state index is -3.00. The number of halogens is 2. The fourth-order valence-corrected chi connectivity index (χ4v) is 2.27. The molecular weight excluding hydrogens is 266 g/mol. The number of aryl methyl sites for hydroxylation is 1. The Morgan fingerprint density at radius 3 is 2.20 bits per heavy atom. The van der Waals surface area contributed by atoms with Gasteiger partial charge in [0.15, 0.2) is 5.92 Å². The molecule has 0 aliphatic heterocycles. The lowest BCUT2D eigenvalue weighted by Crippen LogP contribution is -2.44. The largest absolute Gasteiger partial charge is 0.469 e. The van der Waals surface area contributed by atoms with E-state index >= 15 is 0 Å². The lowest BCUT2D eigenvalue weighted by molar-refractivity contribution is -0.170. The maximum atomic E-state index is 13.2. The van der Waals surface area contributed by atoms with E-state index in [2.05, 4.69) is 4.74 Å². The van der Waals surface area contributed by atoms with Gasteiger partial charge in [0.1, 0.15) is 5.60 Å². The molecule has 0 aromatic heterocycles. The molecule has 112 valence electrons. The van der Waals surface area contributed by atoms with Crippen molar-refractivity contribution in [2.45, 2.75) is 38.7 Å². The summed E-state index contributed by atoms with van der Waals surface area (Å²) in [6.45, 7) is 3.53. The van der Waals surface area contributed by atoms with Gasteiger partial charge in [0, 0.05) is 0 Å². The van der Waals surface area contributed by atoms with Gasteiger partial charge >= 0.3 is 5.97 Å². The van der Waals surface area contributed by atoms with E-state index < -0.39 is 23.9 Å². The predicted octanol–water partition coefficient (Wildman–Crippen LogP) is 2.90. The van der Waals surface area contributed by atoms with Crippen molar-refractivity contribution in [3.63, 3.8) is 0 Å². The quantitative estimate of drug-likeness (QED) is 0.818. The maximum absolute atomic E-state index is 13.2. The van der Waals surface area contributed by atoms with E-state index in [1.807, 2.05) is 6.92 Å². The fourth-order valence-electron chi connectivity index (χ4n) is 2.27. The monoisotopic (exact) mass is 286 g/mol. The van der Waals surface area contributed by atoms with Gasteiger partial charge in [-0.05, 0) is 24.0 Å². The number of aliphatic hydroxyl groups is 1. The first-order chi connectivity index (χ1) is 9.40. The number of alkyl halides is 2. The molecule has 1 N–H and O–H groups in total. The normalized spacial score (nSPS) is 15.8. The van der Waals surface area contributed by atoms with Gasteiger partial charge in [-0.1, -0.05) is 38.1 Å².